The summed E-state index contributed by atoms with van der Waals surface area (Å²) in [5.74, 6) is -0.0279. The summed E-state index contributed by atoms with van der Waals surface area (Å²) in [7, 11) is -4.23. The first kappa shape index (κ1) is 18.9. The molecule has 1 saturated carbocycles. The summed E-state index contributed by atoms with van der Waals surface area (Å²) >= 11 is 0. The molecule has 0 bridgehead atoms. The predicted molar refractivity (Wildman–Crippen MR) is 91.6 cm³/mol. The average Bonchev–Trinajstić information content (AvgIpc) is 2.59. The Bertz CT molecular complexity index is 609. The van der Waals surface area contributed by atoms with E-state index < -0.39 is 10.1 Å². The molecule has 0 heterocycles. The topological polar surface area (TPSA) is 80.7 Å². The molecule has 5 nitrogen and oxygen atoms in total. The molecule has 134 valence electrons. The largest absolute Gasteiger partial charge is 0.426 e. The fourth-order valence-corrected chi connectivity index (χ4v) is 3.58. The van der Waals surface area contributed by atoms with Crippen LogP contribution in [0, 0.1) is 5.92 Å². The quantitative estimate of drug-likeness (QED) is 0.495. The lowest BCUT2D eigenvalue weighted by Crippen LogP contribution is -2.20. The van der Waals surface area contributed by atoms with Gasteiger partial charge in [-0.25, -0.2) is 0 Å². The first-order valence-electron chi connectivity index (χ1n) is 8.76. The molecule has 0 atom stereocenters. The molecule has 1 aromatic carbocycles. The molecule has 0 unspecified atom stereocenters. The van der Waals surface area contributed by atoms with Crippen molar-refractivity contribution in [3.05, 3.63) is 24.3 Å². The van der Waals surface area contributed by atoms with E-state index in [1.807, 2.05) is 0 Å². The number of hydrogen-bond acceptors (Lipinski definition) is 4. The first-order valence-corrected chi connectivity index (χ1v) is 10.2. The zero-order chi connectivity index (χ0) is 17.4. The number of rotatable bonds is 3. The zero-order valence-corrected chi connectivity index (χ0v) is 14.8. The van der Waals surface area contributed by atoms with Crippen LogP contribution in [0.3, 0.4) is 0 Å². The maximum absolute atomic E-state index is 12.4. The summed E-state index contributed by atoms with van der Waals surface area (Å²) in [6.45, 7) is 0. The molecule has 0 spiro atoms. The van der Waals surface area contributed by atoms with E-state index in [0.29, 0.717) is 5.75 Å². The summed E-state index contributed by atoms with van der Waals surface area (Å²) in [4.78, 5) is 12.2. The molecule has 0 saturated heterocycles. The van der Waals surface area contributed by atoms with Crippen LogP contribution in [0.15, 0.2) is 29.2 Å². The van der Waals surface area contributed by atoms with Gasteiger partial charge in [-0.05, 0) is 37.1 Å². The van der Waals surface area contributed by atoms with Crippen molar-refractivity contribution in [3.63, 3.8) is 0 Å². The highest BCUT2D eigenvalue weighted by Crippen LogP contribution is 2.24. The summed E-state index contributed by atoms with van der Waals surface area (Å²) in [6, 6.07) is 5.25. The van der Waals surface area contributed by atoms with Crippen LogP contribution in [0.25, 0.3) is 0 Å². The van der Waals surface area contributed by atoms with Crippen LogP contribution in [-0.2, 0) is 14.9 Å². The molecule has 1 aromatic rings. The third kappa shape index (κ3) is 6.24. The van der Waals surface area contributed by atoms with Gasteiger partial charge in [0.25, 0.3) is 10.1 Å². The third-order valence-corrected chi connectivity index (χ3v) is 5.40. The predicted octanol–water partition coefficient (Wildman–Crippen LogP) is 4.37. The highest BCUT2D eigenvalue weighted by atomic mass is 32.2. The zero-order valence-electron chi connectivity index (χ0n) is 13.9. The number of benzene rings is 1. The maximum atomic E-state index is 12.4. The van der Waals surface area contributed by atoms with Crippen molar-refractivity contribution in [2.45, 2.75) is 69.1 Å². The second-order valence-corrected chi connectivity index (χ2v) is 7.89. The van der Waals surface area contributed by atoms with Crippen molar-refractivity contribution in [1.82, 2.24) is 0 Å². The summed E-state index contributed by atoms with van der Waals surface area (Å²) in [5, 5.41) is 0. The minimum absolute atomic E-state index is 0.0932. The molecule has 0 aromatic heterocycles. The molecule has 1 aliphatic carbocycles. The lowest BCUT2D eigenvalue weighted by atomic mass is 9.95. The van der Waals surface area contributed by atoms with Gasteiger partial charge in [-0.2, -0.15) is 8.42 Å². The van der Waals surface area contributed by atoms with Crippen LogP contribution in [0.4, 0.5) is 0 Å². The molecule has 24 heavy (non-hydrogen) atoms. The van der Waals surface area contributed by atoms with Gasteiger partial charge in [0, 0.05) is 0 Å². The van der Waals surface area contributed by atoms with E-state index in [0.717, 1.165) is 38.5 Å². The van der Waals surface area contributed by atoms with Gasteiger partial charge in [0.1, 0.15) is 5.75 Å². The van der Waals surface area contributed by atoms with Crippen LogP contribution in [0.2, 0.25) is 0 Å². The molecular weight excluding hydrogens is 328 g/mol. The standard InChI is InChI=1S/C18H26O5S/c19-18(15-9-7-5-3-1-2-4-6-8-10-15)23-16-11-13-17(14-12-16)24(20,21)22/h11-15H,1-10H2,(H,20,21,22). The van der Waals surface area contributed by atoms with Crippen LogP contribution in [0.5, 0.6) is 5.75 Å². The van der Waals surface area contributed by atoms with E-state index in [4.69, 9.17) is 9.29 Å². The summed E-state index contributed by atoms with van der Waals surface area (Å²) < 4.78 is 36.4. The fraction of sp³-hybridized carbons (Fsp3) is 0.611. The molecule has 0 amide bonds. The Morgan fingerprint density at radius 2 is 1.33 bits per heavy atom. The number of esters is 1. The van der Waals surface area contributed by atoms with Crippen molar-refractivity contribution in [3.8, 4) is 5.75 Å². The molecule has 1 N–H and O–H groups in total. The molecule has 6 heteroatoms. The molecular formula is C18H26O5S. The molecule has 1 fully saturated rings. The second kappa shape index (κ2) is 9.18. The van der Waals surface area contributed by atoms with E-state index in [2.05, 4.69) is 0 Å². The second-order valence-electron chi connectivity index (χ2n) is 6.47. The SMILES string of the molecule is O=C(Oc1ccc(S(=O)(=O)O)cc1)C1CCCCCCCCCC1. The highest BCUT2D eigenvalue weighted by Gasteiger charge is 2.21. The van der Waals surface area contributed by atoms with Crippen LogP contribution in [-0.4, -0.2) is 18.9 Å². The normalized spacial score (nSPS) is 18.5. The Balaban J connectivity index is 1.95. The van der Waals surface area contributed by atoms with Gasteiger partial charge in [-0.15, -0.1) is 0 Å². The van der Waals surface area contributed by atoms with Crippen molar-refractivity contribution in [2.24, 2.45) is 5.92 Å². The average molecular weight is 354 g/mol. The Hall–Kier alpha value is -1.40. The van der Waals surface area contributed by atoms with Gasteiger partial charge in [0.05, 0.1) is 10.8 Å². The van der Waals surface area contributed by atoms with Crippen molar-refractivity contribution in [2.75, 3.05) is 0 Å². The van der Waals surface area contributed by atoms with E-state index >= 15 is 0 Å². The molecule has 0 radical (unpaired) electrons. The summed E-state index contributed by atoms with van der Waals surface area (Å²) in [5.41, 5.74) is 0. The number of carbonyl (C=O) groups excluding carboxylic acids is 1. The lowest BCUT2D eigenvalue weighted by Gasteiger charge is -2.15. The minimum Gasteiger partial charge on any atom is -0.426 e. The van der Waals surface area contributed by atoms with Crippen LogP contribution < -0.4 is 4.74 Å². The van der Waals surface area contributed by atoms with E-state index in [9.17, 15) is 13.2 Å². The van der Waals surface area contributed by atoms with Crippen molar-refractivity contribution < 1.29 is 22.5 Å². The van der Waals surface area contributed by atoms with Gasteiger partial charge >= 0.3 is 5.97 Å². The smallest absolute Gasteiger partial charge is 0.314 e. The third-order valence-electron chi connectivity index (χ3n) is 4.53. The molecule has 2 rings (SSSR count). The number of ether oxygens (including phenoxy) is 1. The fourth-order valence-electron chi connectivity index (χ4n) is 3.10. The van der Waals surface area contributed by atoms with Gasteiger partial charge < -0.3 is 4.74 Å². The molecule has 0 aliphatic heterocycles. The Morgan fingerprint density at radius 3 is 1.79 bits per heavy atom. The van der Waals surface area contributed by atoms with E-state index in [1.54, 1.807) is 0 Å². The number of carbonyl (C=O) groups is 1. The van der Waals surface area contributed by atoms with Crippen molar-refractivity contribution in [1.29, 1.82) is 0 Å². The Morgan fingerprint density at radius 1 is 0.875 bits per heavy atom. The maximum Gasteiger partial charge on any atom is 0.314 e. The minimum atomic E-state index is -4.23. The Labute approximate surface area is 144 Å². The van der Waals surface area contributed by atoms with Gasteiger partial charge in [-0.3, -0.25) is 9.35 Å². The van der Waals surface area contributed by atoms with E-state index in [1.165, 1.54) is 49.9 Å². The van der Waals surface area contributed by atoms with Gasteiger partial charge in [0.2, 0.25) is 0 Å². The summed E-state index contributed by atoms with van der Waals surface area (Å²) in [6.07, 6.45) is 11.1. The van der Waals surface area contributed by atoms with Crippen LogP contribution >= 0.6 is 0 Å². The highest BCUT2D eigenvalue weighted by molar-refractivity contribution is 7.85. The van der Waals surface area contributed by atoms with Crippen LogP contribution in [0.1, 0.15) is 64.2 Å². The Kier molecular flexibility index (Phi) is 7.24. The molecule has 1 aliphatic rings. The van der Waals surface area contributed by atoms with Gasteiger partial charge in [0.15, 0.2) is 0 Å². The monoisotopic (exact) mass is 354 g/mol. The number of hydrogen-bond donors (Lipinski definition) is 1. The first-order chi connectivity index (χ1) is 11.5. The van der Waals surface area contributed by atoms with Crippen molar-refractivity contribution >= 4 is 16.1 Å². The van der Waals surface area contributed by atoms with Gasteiger partial charge in [-0.1, -0.05) is 51.4 Å². The lowest BCUT2D eigenvalue weighted by molar-refractivity contribution is -0.139. The van der Waals surface area contributed by atoms with E-state index in [-0.39, 0.29) is 16.8 Å².